The maximum Gasteiger partial charge on any atom is 0.238 e. The van der Waals surface area contributed by atoms with Crippen LogP contribution in [0.1, 0.15) is 24.0 Å². The molecule has 26 heavy (non-hydrogen) atoms. The van der Waals surface area contributed by atoms with Crippen LogP contribution in [-0.4, -0.2) is 38.1 Å². The Labute approximate surface area is 155 Å². The Morgan fingerprint density at radius 1 is 1.19 bits per heavy atom. The third-order valence-electron chi connectivity index (χ3n) is 4.24. The average Bonchev–Trinajstić information content (AvgIpc) is 2.60. The quantitative estimate of drug-likeness (QED) is 0.602. The Morgan fingerprint density at radius 3 is 2.58 bits per heavy atom. The highest BCUT2D eigenvalue weighted by molar-refractivity contribution is 5.92. The highest BCUT2D eigenvalue weighted by Gasteiger charge is 2.03. The lowest BCUT2D eigenvalue weighted by molar-refractivity contribution is -0.115. The summed E-state index contributed by atoms with van der Waals surface area (Å²) < 4.78 is 0. The summed E-state index contributed by atoms with van der Waals surface area (Å²) in [6.45, 7) is 3.19. The molecule has 0 aliphatic rings. The van der Waals surface area contributed by atoms with E-state index in [1.54, 1.807) is 0 Å². The average molecular weight is 355 g/mol. The molecule has 0 saturated heterocycles. The van der Waals surface area contributed by atoms with Gasteiger partial charge in [0.25, 0.3) is 0 Å². The van der Waals surface area contributed by atoms with Crippen molar-refractivity contribution in [3.05, 3.63) is 47.7 Å². The van der Waals surface area contributed by atoms with Gasteiger partial charge in [0.1, 0.15) is 5.82 Å². The van der Waals surface area contributed by atoms with Gasteiger partial charge in [-0.25, -0.2) is 4.98 Å². The lowest BCUT2D eigenvalue weighted by Crippen LogP contribution is -2.28. The van der Waals surface area contributed by atoms with E-state index in [0.717, 1.165) is 37.2 Å². The molecule has 1 heterocycles. The minimum atomic E-state index is -0.0267. The molecule has 4 N–H and O–H groups in total. The zero-order valence-corrected chi connectivity index (χ0v) is 15.9. The molecule has 1 amide bonds. The molecule has 6 heteroatoms. The molecule has 6 nitrogen and oxygen atoms in total. The maximum absolute atomic E-state index is 12.0. The van der Waals surface area contributed by atoms with Crippen molar-refractivity contribution < 1.29 is 4.79 Å². The van der Waals surface area contributed by atoms with Crippen LogP contribution >= 0.6 is 0 Å². The third kappa shape index (κ3) is 6.37. The summed E-state index contributed by atoms with van der Waals surface area (Å²) >= 11 is 0. The fraction of sp³-hybridized carbons (Fsp3) is 0.400. The van der Waals surface area contributed by atoms with E-state index in [0.29, 0.717) is 12.4 Å². The van der Waals surface area contributed by atoms with Gasteiger partial charge in [0.2, 0.25) is 5.91 Å². The summed E-state index contributed by atoms with van der Waals surface area (Å²) in [4.78, 5) is 18.1. The zero-order valence-electron chi connectivity index (χ0n) is 15.9. The van der Waals surface area contributed by atoms with Gasteiger partial charge in [-0.15, -0.1) is 0 Å². The number of hydrogen-bond donors (Lipinski definition) is 3. The first kappa shape index (κ1) is 19.7. The number of amides is 1. The van der Waals surface area contributed by atoms with E-state index < -0.39 is 0 Å². The lowest BCUT2D eigenvalue weighted by atomic mass is 10.1. The number of hydrogen-bond acceptors (Lipinski definition) is 5. The second-order valence-corrected chi connectivity index (χ2v) is 6.66. The van der Waals surface area contributed by atoms with Crippen molar-refractivity contribution in [3.63, 3.8) is 0 Å². The van der Waals surface area contributed by atoms with Crippen molar-refractivity contribution in [2.75, 3.05) is 43.1 Å². The van der Waals surface area contributed by atoms with Gasteiger partial charge in [0.05, 0.1) is 6.54 Å². The number of carbonyl (C=O) groups excluding carboxylic acids is 1. The number of anilines is 3. The van der Waals surface area contributed by atoms with Crippen LogP contribution < -0.4 is 21.3 Å². The molecule has 140 valence electrons. The number of aryl methyl sites for hydroxylation is 2. The number of carbonyl (C=O) groups is 1. The number of nitrogen functional groups attached to an aromatic ring is 1. The summed E-state index contributed by atoms with van der Waals surface area (Å²) in [7, 11) is 3.98. The normalized spacial score (nSPS) is 10.6. The Bertz CT molecular complexity index is 713. The van der Waals surface area contributed by atoms with Crippen LogP contribution in [0.2, 0.25) is 0 Å². The van der Waals surface area contributed by atoms with Gasteiger partial charge < -0.3 is 21.3 Å². The number of nitrogens with zero attached hydrogens (tertiary/aromatic N) is 2. The van der Waals surface area contributed by atoms with Crippen molar-refractivity contribution >= 4 is 23.1 Å². The molecule has 0 aliphatic carbocycles. The summed E-state index contributed by atoms with van der Waals surface area (Å²) in [5, 5.41) is 6.09. The number of nitrogens with one attached hydrogen (secondary N) is 2. The van der Waals surface area contributed by atoms with Gasteiger partial charge in [-0.2, -0.15) is 0 Å². The van der Waals surface area contributed by atoms with Gasteiger partial charge in [0, 0.05) is 31.7 Å². The summed E-state index contributed by atoms with van der Waals surface area (Å²) in [6.07, 6.45) is 4.89. The molecule has 2 aromatic rings. The molecule has 0 radical (unpaired) electrons. The van der Waals surface area contributed by atoms with Crippen LogP contribution in [0.5, 0.6) is 0 Å². The molecule has 2 rings (SSSR count). The number of pyridine rings is 1. The number of aromatic nitrogens is 1. The van der Waals surface area contributed by atoms with Gasteiger partial charge in [-0.05, 0) is 74.2 Å². The molecule has 0 atom stereocenters. The van der Waals surface area contributed by atoms with Crippen molar-refractivity contribution in [2.24, 2.45) is 0 Å². The summed E-state index contributed by atoms with van der Waals surface area (Å²) in [6, 6.07) is 9.70. The van der Waals surface area contributed by atoms with Crippen LogP contribution in [0.15, 0.2) is 36.5 Å². The Morgan fingerprint density at radius 2 is 1.92 bits per heavy atom. The van der Waals surface area contributed by atoms with Gasteiger partial charge in [-0.3, -0.25) is 4.79 Å². The Hall–Kier alpha value is -2.60. The van der Waals surface area contributed by atoms with E-state index in [1.165, 1.54) is 11.1 Å². The molecule has 1 aromatic heterocycles. The molecule has 0 spiro atoms. The highest BCUT2D eigenvalue weighted by Crippen LogP contribution is 2.15. The van der Waals surface area contributed by atoms with Crippen molar-refractivity contribution in [1.82, 2.24) is 10.3 Å². The molecule has 0 unspecified atom stereocenters. The monoisotopic (exact) mass is 355 g/mol. The maximum atomic E-state index is 12.0. The van der Waals surface area contributed by atoms with E-state index in [9.17, 15) is 4.79 Å². The standard InChI is InChI=1S/C20H29N5O/c1-15-12-19(21)23-13-16(15)6-4-5-11-22-14-20(26)24-17-7-9-18(10-8-17)25(2)3/h7-10,12-13,22H,4-6,11,14H2,1-3H3,(H2,21,23)(H,24,26). The molecule has 0 aliphatic heterocycles. The molecule has 0 bridgehead atoms. The number of nitrogens with two attached hydrogens (primary N) is 1. The minimum Gasteiger partial charge on any atom is -0.384 e. The van der Waals surface area contributed by atoms with E-state index in [-0.39, 0.29) is 5.91 Å². The van der Waals surface area contributed by atoms with Crippen LogP contribution in [0, 0.1) is 6.92 Å². The molecule has 0 saturated carbocycles. The lowest BCUT2D eigenvalue weighted by Gasteiger charge is -2.13. The van der Waals surface area contributed by atoms with Gasteiger partial charge in [-0.1, -0.05) is 0 Å². The largest absolute Gasteiger partial charge is 0.384 e. The number of unbranched alkanes of at least 4 members (excludes halogenated alkanes) is 1. The van der Waals surface area contributed by atoms with Crippen LogP contribution in [0.3, 0.4) is 0 Å². The fourth-order valence-corrected chi connectivity index (χ4v) is 2.68. The van der Waals surface area contributed by atoms with Gasteiger partial charge >= 0.3 is 0 Å². The summed E-state index contributed by atoms with van der Waals surface area (Å²) in [5.41, 5.74) is 10.0. The van der Waals surface area contributed by atoms with Crippen molar-refractivity contribution in [1.29, 1.82) is 0 Å². The number of benzene rings is 1. The predicted molar refractivity (Wildman–Crippen MR) is 109 cm³/mol. The Balaban J connectivity index is 1.61. The van der Waals surface area contributed by atoms with E-state index >= 15 is 0 Å². The minimum absolute atomic E-state index is 0.0267. The molecule has 0 fully saturated rings. The first-order chi connectivity index (χ1) is 12.5. The Kier molecular flexibility index (Phi) is 7.41. The number of rotatable bonds is 9. The van der Waals surface area contributed by atoms with Gasteiger partial charge in [0.15, 0.2) is 0 Å². The first-order valence-corrected chi connectivity index (χ1v) is 8.94. The van der Waals surface area contributed by atoms with E-state index in [2.05, 4.69) is 22.5 Å². The predicted octanol–water partition coefficient (Wildman–Crippen LogP) is 2.59. The SMILES string of the molecule is Cc1cc(N)ncc1CCCCNCC(=O)Nc1ccc(N(C)C)cc1. The van der Waals surface area contributed by atoms with Crippen molar-refractivity contribution in [3.8, 4) is 0 Å². The smallest absolute Gasteiger partial charge is 0.238 e. The molecular formula is C20H29N5O. The second kappa shape index (κ2) is 9.77. The molecular weight excluding hydrogens is 326 g/mol. The van der Waals surface area contributed by atoms with Crippen molar-refractivity contribution in [2.45, 2.75) is 26.2 Å². The van der Waals surface area contributed by atoms with E-state index in [4.69, 9.17) is 5.73 Å². The summed E-state index contributed by atoms with van der Waals surface area (Å²) in [5.74, 6) is 0.538. The topological polar surface area (TPSA) is 83.3 Å². The van der Waals surface area contributed by atoms with Crippen LogP contribution in [-0.2, 0) is 11.2 Å². The molecule has 1 aromatic carbocycles. The third-order valence-corrected chi connectivity index (χ3v) is 4.24. The first-order valence-electron chi connectivity index (χ1n) is 8.94. The highest BCUT2D eigenvalue weighted by atomic mass is 16.1. The fourth-order valence-electron chi connectivity index (χ4n) is 2.68. The van der Waals surface area contributed by atoms with E-state index in [1.807, 2.05) is 55.5 Å². The van der Waals surface area contributed by atoms with Crippen LogP contribution in [0.4, 0.5) is 17.2 Å². The second-order valence-electron chi connectivity index (χ2n) is 6.66. The zero-order chi connectivity index (χ0) is 18.9. The van der Waals surface area contributed by atoms with Crippen LogP contribution in [0.25, 0.3) is 0 Å².